The zero-order valence-electron chi connectivity index (χ0n) is 8.87. The van der Waals surface area contributed by atoms with Crippen molar-refractivity contribution >= 4 is 5.97 Å². The lowest BCUT2D eigenvalue weighted by molar-refractivity contribution is 0.0697. The quantitative estimate of drug-likeness (QED) is 0.855. The summed E-state index contributed by atoms with van der Waals surface area (Å²) < 4.78 is 1.65. The maximum absolute atomic E-state index is 10.7. The number of rotatable bonds is 3. The number of aromatic nitrogens is 2. The fourth-order valence-electron chi connectivity index (χ4n) is 1.54. The highest BCUT2D eigenvalue weighted by atomic mass is 16.4. The highest BCUT2D eigenvalue weighted by Crippen LogP contribution is 2.16. The number of carboxylic acids is 1. The lowest BCUT2D eigenvalue weighted by Gasteiger charge is -2.11. The van der Waals surface area contributed by atoms with E-state index in [9.17, 15) is 4.79 Å². The van der Waals surface area contributed by atoms with Gasteiger partial charge in [0.2, 0.25) is 0 Å². The van der Waals surface area contributed by atoms with Crippen LogP contribution in [0.5, 0.6) is 0 Å². The van der Waals surface area contributed by atoms with Gasteiger partial charge in [-0.05, 0) is 12.5 Å². The smallest absolute Gasteiger partial charge is 0.338 e. The van der Waals surface area contributed by atoms with Crippen LogP contribution in [-0.2, 0) is 0 Å². The van der Waals surface area contributed by atoms with Crippen molar-refractivity contribution in [3.05, 3.63) is 53.9 Å². The van der Waals surface area contributed by atoms with Crippen molar-refractivity contribution in [2.24, 2.45) is 0 Å². The summed E-state index contributed by atoms with van der Waals surface area (Å²) in [6, 6.07) is 9.87. The Morgan fingerprint density at radius 3 is 2.62 bits per heavy atom. The third-order valence-electron chi connectivity index (χ3n) is 2.53. The Bertz CT molecular complexity index is 491. The van der Waals surface area contributed by atoms with Gasteiger partial charge in [-0.15, -0.1) is 0 Å². The molecule has 16 heavy (non-hydrogen) atoms. The average molecular weight is 216 g/mol. The number of benzene rings is 1. The second kappa shape index (κ2) is 4.18. The first-order chi connectivity index (χ1) is 7.68. The molecule has 1 aromatic carbocycles. The molecule has 4 nitrogen and oxygen atoms in total. The van der Waals surface area contributed by atoms with Crippen molar-refractivity contribution in [1.29, 1.82) is 0 Å². The predicted octanol–water partition coefficient (Wildman–Crippen LogP) is 2.19. The molecule has 2 rings (SSSR count). The van der Waals surface area contributed by atoms with Crippen molar-refractivity contribution in [2.45, 2.75) is 13.0 Å². The molecule has 82 valence electrons. The number of nitrogens with zero attached hydrogens (tertiary/aromatic N) is 2. The zero-order chi connectivity index (χ0) is 11.5. The van der Waals surface area contributed by atoms with E-state index < -0.39 is 5.97 Å². The Hall–Kier alpha value is -2.10. The Kier molecular flexibility index (Phi) is 2.72. The maximum atomic E-state index is 10.7. The van der Waals surface area contributed by atoms with Crippen LogP contribution in [-0.4, -0.2) is 20.9 Å². The van der Waals surface area contributed by atoms with Gasteiger partial charge in [0.25, 0.3) is 0 Å². The van der Waals surface area contributed by atoms with Crippen LogP contribution in [0.25, 0.3) is 0 Å². The van der Waals surface area contributed by atoms with Crippen LogP contribution in [0, 0.1) is 0 Å². The molecule has 0 fully saturated rings. The van der Waals surface area contributed by atoms with Gasteiger partial charge in [-0.25, -0.2) is 4.79 Å². The van der Waals surface area contributed by atoms with Gasteiger partial charge in [-0.2, -0.15) is 5.10 Å². The number of carbonyl (C=O) groups is 1. The molecule has 0 spiro atoms. The van der Waals surface area contributed by atoms with E-state index in [1.807, 2.05) is 37.3 Å². The largest absolute Gasteiger partial charge is 0.478 e. The SMILES string of the molecule is C[C@H](c1ccccc1)n1cc(C(=O)O)cn1. The van der Waals surface area contributed by atoms with Crippen LogP contribution in [0.1, 0.15) is 28.9 Å². The van der Waals surface area contributed by atoms with E-state index >= 15 is 0 Å². The minimum absolute atomic E-state index is 0.0364. The summed E-state index contributed by atoms with van der Waals surface area (Å²) in [6.45, 7) is 1.98. The first-order valence-corrected chi connectivity index (χ1v) is 5.01. The molecule has 0 amide bonds. The van der Waals surface area contributed by atoms with Crippen LogP contribution in [0.4, 0.5) is 0 Å². The number of aromatic carboxylic acids is 1. The molecule has 0 aliphatic carbocycles. The second-order valence-corrected chi connectivity index (χ2v) is 3.60. The molecule has 0 saturated heterocycles. The summed E-state index contributed by atoms with van der Waals surface area (Å²) >= 11 is 0. The van der Waals surface area contributed by atoms with E-state index in [1.54, 1.807) is 10.9 Å². The van der Waals surface area contributed by atoms with Crippen LogP contribution in [0.3, 0.4) is 0 Å². The Balaban J connectivity index is 2.27. The van der Waals surface area contributed by atoms with E-state index in [0.717, 1.165) is 5.56 Å². The van der Waals surface area contributed by atoms with Crippen molar-refractivity contribution in [2.75, 3.05) is 0 Å². The third kappa shape index (κ3) is 1.95. The molecule has 1 aromatic heterocycles. The van der Waals surface area contributed by atoms with Crippen molar-refractivity contribution < 1.29 is 9.90 Å². The maximum Gasteiger partial charge on any atom is 0.338 e. The van der Waals surface area contributed by atoms with Gasteiger partial charge in [-0.1, -0.05) is 30.3 Å². The average Bonchev–Trinajstić information content (AvgIpc) is 2.78. The lowest BCUT2D eigenvalue weighted by atomic mass is 10.1. The van der Waals surface area contributed by atoms with E-state index in [1.165, 1.54) is 6.20 Å². The Morgan fingerprint density at radius 1 is 1.38 bits per heavy atom. The second-order valence-electron chi connectivity index (χ2n) is 3.60. The third-order valence-corrected chi connectivity index (χ3v) is 2.53. The minimum Gasteiger partial charge on any atom is -0.478 e. The van der Waals surface area contributed by atoms with Crippen LogP contribution < -0.4 is 0 Å². The van der Waals surface area contributed by atoms with E-state index in [2.05, 4.69) is 5.10 Å². The summed E-state index contributed by atoms with van der Waals surface area (Å²) in [5.41, 5.74) is 1.31. The van der Waals surface area contributed by atoms with Gasteiger partial charge in [-0.3, -0.25) is 4.68 Å². The van der Waals surface area contributed by atoms with Gasteiger partial charge in [0.05, 0.1) is 17.8 Å². The molecule has 1 N–H and O–H groups in total. The minimum atomic E-state index is -0.952. The molecule has 0 unspecified atom stereocenters. The molecule has 1 atom stereocenters. The van der Waals surface area contributed by atoms with Crippen molar-refractivity contribution in [3.8, 4) is 0 Å². The Morgan fingerprint density at radius 2 is 2.06 bits per heavy atom. The van der Waals surface area contributed by atoms with Gasteiger partial charge in [0.1, 0.15) is 0 Å². The molecule has 0 saturated carbocycles. The molecule has 1 heterocycles. The summed E-state index contributed by atoms with van der Waals surface area (Å²) in [5.74, 6) is -0.952. The standard InChI is InChI=1S/C12H12N2O2/c1-9(10-5-3-2-4-6-10)14-8-11(7-13-14)12(15)16/h2-9H,1H3,(H,15,16)/t9-/m1/s1. The van der Waals surface area contributed by atoms with Gasteiger partial charge in [0.15, 0.2) is 0 Å². The van der Waals surface area contributed by atoms with Crippen LogP contribution >= 0.6 is 0 Å². The molecule has 0 aliphatic heterocycles. The number of carboxylic acid groups (broad SMARTS) is 1. The zero-order valence-corrected chi connectivity index (χ0v) is 8.87. The Labute approximate surface area is 93.1 Å². The monoisotopic (exact) mass is 216 g/mol. The topological polar surface area (TPSA) is 55.1 Å². The first kappa shape index (κ1) is 10.4. The number of hydrogen-bond acceptors (Lipinski definition) is 2. The van der Waals surface area contributed by atoms with E-state index in [4.69, 9.17) is 5.11 Å². The van der Waals surface area contributed by atoms with E-state index in [0.29, 0.717) is 0 Å². The molecule has 4 heteroatoms. The van der Waals surface area contributed by atoms with E-state index in [-0.39, 0.29) is 11.6 Å². The molecule has 0 bridgehead atoms. The predicted molar refractivity (Wildman–Crippen MR) is 59.4 cm³/mol. The van der Waals surface area contributed by atoms with Crippen molar-refractivity contribution in [3.63, 3.8) is 0 Å². The molecule has 0 aliphatic rings. The van der Waals surface area contributed by atoms with Crippen LogP contribution in [0.2, 0.25) is 0 Å². The molecular formula is C12H12N2O2. The van der Waals surface area contributed by atoms with Gasteiger partial charge >= 0.3 is 5.97 Å². The lowest BCUT2D eigenvalue weighted by Crippen LogP contribution is -2.07. The molecular weight excluding hydrogens is 204 g/mol. The highest BCUT2D eigenvalue weighted by molar-refractivity contribution is 5.86. The normalized spacial score (nSPS) is 12.3. The van der Waals surface area contributed by atoms with Crippen LogP contribution in [0.15, 0.2) is 42.7 Å². The number of hydrogen-bond donors (Lipinski definition) is 1. The fraction of sp³-hybridized carbons (Fsp3) is 0.167. The highest BCUT2D eigenvalue weighted by Gasteiger charge is 2.11. The first-order valence-electron chi connectivity index (χ1n) is 5.01. The summed E-state index contributed by atoms with van der Waals surface area (Å²) in [5, 5.41) is 12.8. The molecule has 2 aromatic rings. The summed E-state index contributed by atoms with van der Waals surface area (Å²) in [4.78, 5) is 10.7. The van der Waals surface area contributed by atoms with Crippen molar-refractivity contribution in [1.82, 2.24) is 9.78 Å². The van der Waals surface area contributed by atoms with Gasteiger partial charge in [0, 0.05) is 6.20 Å². The van der Waals surface area contributed by atoms with Gasteiger partial charge < -0.3 is 5.11 Å². The summed E-state index contributed by atoms with van der Waals surface area (Å²) in [6.07, 6.45) is 2.90. The summed E-state index contributed by atoms with van der Waals surface area (Å²) in [7, 11) is 0. The fourth-order valence-corrected chi connectivity index (χ4v) is 1.54. The molecule has 0 radical (unpaired) electrons.